The summed E-state index contributed by atoms with van der Waals surface area (Å²) in [5, 5.41) is 3.75. The Kier molecular flexibility index (Phi) is 2.62. The molecule has 1 N–H and O–H groups in total. The smallest absolute Gasteiger partial charge is 0.0342 e. The molecule has 0 unspecified atom stereocenters. The van der Waals surface area contributed by atoms with E-state index in [-0.39, 0.29) is 0 Å². The van der Waals surface area contributed by atoms with Gasteiger partial charge in [-0.1, -0.05) is 19.1 Å². The summed E-state index contributed by atoms with van der Waals surface area (Å²) in [5.41, 5.74) is 2.75. The second-order valence-electron chi connectivity index (χ2n) is 5.40. The molecule has 2 aliphatic rings. The van der Waals surface area contributed by atoms with Crippen LogP contribution in [0, 0.1) is 11.8 Å². The molecule has 0 aliphatic heterocycles. The minimum Gasteiger partial charge on any atom is -0.382 e. The van der Waals surface area contributed by atoms with Crippen molar-refractivity contribution in [3.05, 3.63) is 29.8 Å². The summed E-state index contributed by atoms with van der Waals surface area (Å²) in [7, 11) is 0. The van der Waals surface area contributed by atoms with E-state index in [0.717, 1.165) is 24.3 Å². The van der Waals surface area contributed by atoms with E-state index in [4.69, 9.17) is 0 Å². The first-order valence-corrected chi connectivity index (χ1v) is 6.72. The van der Waals surface area contributed by atoms with Crippen molar-refractivity contribution >= 4 is 5.69 Å². The second kappa shape index (κ2) is 4.12. The van der Waals surface area contributed by atoms with E-state index in [0.29, 0.717) is 0 Å². The Hall–Kier alpha value is -0.980. The van der Waals surface area contributed by atoms with Crippen molar-refractivity contribution < 1.29 is 0 Å². The third kappa shape index (κ3) is 2.23. The largest absolute Gasteiger partial charge is 0.382 e. The number of nitrogens with one attached hydrogen (secondary N) is 1. The van der Waals surface area contributed by atoms with Gasteiger partial charge in [0.1, 0.15) is 0 Å². The van der Waals surface area contributed by atoms with Gasteiger partial charge in [-0.15, -0.1) is 0 Å². The normalized spacial score (nSPS) is 20.1. The Balaban J connectivity index is 1.66. The zero-order chi connectivity index (χ0) is 11.0. The first-order chi connectivity index (χ1) is 7.86. The highest BCUT2D eigenvalue weighted by atomic mass is 15.0. The molecule has 0 heterocycles. The monoisotopic (exact) mass is 215 g/mol. The van der Waals surface area contributed by atoms with Gasteiger partial charge in [-0.25, -0.2) is 0 Å². The van der Waals surface area contributed by atoms with Crippen LogP contribution in [-0.2, 0) is 6.42 Å². The number of benzene rings is 1. The lowest BCUT2D eigenvalue weighted by atomic mass is 10.1. The molecule has 2 fully saturated rings. The minimum absolute atomic E-state index is 0.771. The zero-order valence-electron chi connectivity index (χ0n) is 10.1. The number of aryl methyl sites for hydroxylation is 1. The first-order valence-electron chi connectivity index (χ1n) is 6.72. The van der Waals surface area contributed by atoms with Gasteiger partial charge < -0.3 is 5.32 Å². The molecule has 0 spiro atoms. The molecule has 0 atom stereocenters. The maximum absolute atomic E-state index is 3.75. The lowest BCUT2D eigenvalue weighted by Crippen LogP contribution is -2.24. The van der Waals surface area contributed by atoms with Crippen LogP contribution in [0.1, 0.15) is 38.2 Å². The highest BCUT2D eigenvalue weighted by Gasteiger charge is 2.41. The van der Waals surface area contributed by atoms with E-state index in [9.17, 15) is 0 Å². The molecule has 1 nitrogen and oxygen atoms in total. The van der Waals surface area contributed by atoms with Crippen molar-refractivity contribution in [3.63, 3.8) is 0 Å². The fraction of sp³-hybridized carbons (Fsp3) is 0.600. The standard InChI is InChI=1S/C15H21N/c1-2-11-3-9-14(10-4-11)16-15(12-5-6-12)13-7-8-13/h3-4,9-10,12-13,15-16H,2,5-8H2,1H3. The number of rotatable bonds is 5. The maximum atomic E-state index is 3.75. The molecule has 0 bridgehead atoms. The molecular formula is C15H21N. The van der Waals surface area contributed by atoms with Crippen LogP contribution < -0.4 is 5.32 Å². The Morgan fingerprint density at radius 2 is 1.62 bits per heavy atom. The van der Waals surface area contributed by atoms with Gasteiger partial charge in [0.25, 0.3) is 0 Å². The molecule has 0 aromatic heterocycles. The van der Waals surface area contributed by atoms with Crippen LogP contribution in [0.2, 0.25) is 0 Å². The van der Waals surface area contributed by atoms with Crippen molar-refractivity contribution in [2.75, 3.05) is 5.32 Å². The predicted octanol–water partition coefficient (Wildman–Crippen LogP) is 3.85. The van der Waals surface area contributed by atoms with Gasteiger partial charge in [-0.3, -0.25) is 0 Å². The third-order valence-corrected chi connectivity index (χ3v) is 3.96. The van der Waals surface area contributed by atoms with Crippen LogP contribution in [0.15, 0.2) is 24.3 Å². The van der Waals surface area contributed by atoms with Gasteiger partial charge in [-0.2, -0.15) is 0 Å². The Labute approximate surface area is 98.3 Å². The van der Waals surface area contributed by atoms with Crippen LogP contribution in [0.5, 0.6) is 0 Å². The average Bonchev–Trinajstić information content (AvgIpc) is 3.19. The van der Waals surface area contributed by atoms with Crippen molar-refractivity contribution in [3.8, 4) is 0 Å². The first kappa shape index (κ1) is 10.2. The summed E-state index contributed by atoms with van der Waals surface area (Å²) in [6.45, 7) is 2.21. The molecule has 1 aromatic rings. The molecule has 1 heteroatoms. The summed E-state index contributed by atoms with van der Waals surface area (Å²) >= 11 is 0. The quantitative estimate of drug-likeness (QED) is 0.786. The SMILES string of the molecule is CCc1ccc(NC(C2CC2)C2CC2)cc1. The molecule has 3 rings (SSSR count). The lowest BCUT2D eigenvalue weighted by Gasteiger charge is -2.19. The molecule has 86 valence electrons. The van der Waals surface area contributed by atoms with Gasteiger partial charge in [0.15, 0.2) is 0 Å². The topological polar surface area (TPSA) is 12.0 Å². The molecule has 2 aliphatic carbocycles. The fourth-order valence-electron chi connectivity index (χ4n) is 2.56. The number of anilines is 1. The highest BCUT2D eigenvalue weighted by Crippen LogP contribution is 2.45. The van der Waals surface area contributed by atoms with E-state index < -0.39 is 0 Å². The molecule has 2 saturated carbocycles. The maximum Gasteiger partial charge on any atom is 0.0342 e. The van der Waals surface area contributed by atoms with E-state index in [1.165, 1.54) is 36.9 Å². The summed E-state index contributed by atoms with van der Waals surface area (Å²) in [6.07, 6.45) is 6.92. The van der Waals surface area contributed by atoms with E-state index in [2.05, 4.69) is 36.5 Å². The molecule has 16 heavy (non-hydrogen) atoms. The van der Waals surface area contributed by atoms with E-state index >= 15 is 0 Å². The number of hydrogen-bond donors (Lipinski definition) is 1. The van der Waals surface area contributed by atoms with Gasteiger partial charge in [0.05, 0.1) is 0 Å². The summed E-state index contributed by atoms with van der Waals surface area (Å²) in [6, 6.07) is 9.76. The molecule has 1 aromatic carbocycles. The molecule has 0 radical (unpaired) electrons. The van der Waals surface area contributed by atoms with Crippen molar-refractivity contribution in [1.29, 1.82) is 0 Å². The zero-order valence-corrected chi connectivity index (χ0v) is 10.1. The van der Waals surface area contributed by atoms with Gasteiger partial charge >= 0.3 is 0 Å². The predicted molar refractivity (Wildman–Crippen MR) is 68.7 cm³/mol. The average molecular weight is 215 g/mol. The molecule has 0 saturated heterocycles. The van der Waals surface area contributed by atoms with Crippen molar-refractivity contribution in [1.82, 2.24) is 0 Å². The van der Waals surface area contributed by atoms with Crippen molar-refractivity contribution in [2.45, 2.75) is 45.1 Å². The summed E-state index contributed by atoms with van der Waals surface area (Å²) in [4.78, 5) is 0. The Morgan fingerprint density at radius 1 is 1.06 bits per heavy atom. The Morgan fingerprint density at radius 3 is 2.06 bits per heavy atom. The third-order valence-electron chi connectivity index (χ3n) is 3.96. The van der Waals surface area contributed by atoms with Gasteiger partial charge in [0, 0.05) is 11.7 Å². The fourth-order valence-corrected chi connectivity index (χ4v) is 2.56. The van der Waals surface area contributed by atoms with E-state index in [1.807, 2.05) is 0 Å². The second-order valence-corrected chi connectivity index (χ2v) is 5.40. The summed E-state index contributed by atoms with van der Waals surface area (Å²) in [5.74, 6) is 1.94. The van der Waals surface area contributed by atoms with E-state index in [1.54, 1.807) is 0 Å². The number of hydrogen-bond acceptors (Lipinski definition) is 1. The van der Waals surface area contributed by atoms with Gasteiger partial charge in [0.2, 0.25) is 0 Å². The van der Waals surface area contributed by atoms with Crippen LogP contribution in [0.4, 0.5) is 5.69 Å². The van der Waals surface area contributed by atoms with Crippen LogP contribution >= 0.6 is 0 Å². The minimum atomic E-state index is 0.771. The van der Waals surface area contributed by atoms with Crippen LogP contribution in [0.25, 0.3) is 0 Å². The summed E-state index contributed by atoms with van der Waals surface area (Å²) < 4.78 is 0. The van der Waals surface area contributed by atoms with Crippen LogP contribution in [-0.4, -0.2) is 6.04 Å². The van der Waals surface area contributed by atoms with Gasteiger partial charge in [-0.05, 0) is 61.6 Å². The Bertz CT molecular complexity index is 334. The molecular weight excluding hydrogens is 194 g/mol. The highest BCUT2D eigenvalue weighted by molar-refractivity contribution is 5.46. The lowest BCUT2D eigenvalue weighted by molar-refractivity contribution is 0.568. The van der Waals surface area contributed by atoms with Crippen molar-refractivity contribution in [2.24, 2.45) is 11.8 Å². The van der Waals surface area contributed by atoms with Crippen LogP contribution in [0.3, 0.4) is 0 Å². The molecule has 0 amide bonds.